The van der Waals surface area contributed by atoms with E-state index in [-0.39, 0.29) is 17.6 Å². The van der Waals surface area contributed by atoms with Crippen molar-refractivity contribution in [1.29, 1.82) is 0 Å². The average Bonchev–Trinajstić information content (AvgIpc) is 2.39. The second-order valence-corrected chi connectivity index (χ2v) is 6.08. The van der Waals surface area contributed by atoms with Gasteiger partial charge in [0.15, 0.2) is 0 Å². The van der Waals surface area contributed by atoms with Crippen molar-refractivity contribution in [3.63, 3.8) is 0 Å². The van der Waals surface area contributed by atoms with Crippen LogP contribution in [0.15, 0.2) is 12.1 Å². The lowest BCUT2D eigenvalue weighted by atomic mass is 9.75. The molecule has 0 spiro atoms. The summed E-state index contributed by atoms with van der Waals surface area (Å²) in [5.41, 5.74) is 1.42. The fourth-order valence-electron chi connectivity index (χ4n) is 3.45. The van der Waals surface area contributed by atoms with Crippen molar-refractivity contribution in [3.8, 4) is 5.75 Å². The number of aromatic hydroxyl groups is 1. The summed E-state index contributed by atoms with van der Waals surface area (Å²) in [5.74, 6) is 0.594. The van der Waals surface area contributed by atoms with Gasteiger partial charge in [0.05, 0.1) is 0 Å². The second kappa shape index (κ2) is 5.70. The summed E-state index contributed by atoms with van der Waals surface area (Å²) >= 11 is 0. The van der Waals surface area contributed by atoms with Crippen LogP contribution in [0.25, 0.3) is 0 Å². The summed E-state index contributed by atoms with van der Waals surface area (Å²) in [6.45, 7) is 5.65. The molecule has 4 heteroatoms. The summed E-state index contributed by atoms with van der Waals surface area (Å²) in [7, 11) is 0. The lowest BCUT2D eigenvalue weighted by Gasteiger charge is -2.43. The Bertz CT molecular complexity index is 482. The van der Waals surface area contributed by atoms with Gasteiger partial charge in [-0.1, -0.05) is 6.42 Å². The summed E-state index contributed by atoms with van der Waals surface area (Å²) in [5, 5.41) is 13.7. The van der Waals surface area contributed by atoms with Crippen molar-refractivity contribution in [2.75, 3.05) is 26.2 Å². The van der Waals surface area contributed by atoms with Crippen LogP contribution >= 0.6 is 0 Å². The molecule has 0 unspecified atom stereocenters. The number of hydrogen-bond acceptors (Lipinski definition) is 3. The molecule has 1 aromatic rings. The minimum absolute atomic E-state index is 0.167. The van der Waals surface area contributed by atoms with Gasteiger partial charge in [-0.15, -0.1) is 0 Å². The molecule has 0 bridgehead atoms. The van der Waals surface area contributed by atoms with E-state index in [9.17, 15) is 9.50 Å². The molecule has 1 aromatic carbocycles. The molecule has 20 heavy (non-hydrogen) atoms. The lowest BCUT2D eigenvalue weighted by molar-refractivity contribution is 0.0816. The Balaban J connectivity index is 1.96. The zero-order valence-electron chi connectivity index (χ0n) is 12.0. The first-order chi connectivity index (χ1) is 9.66. The van der Waals surface area contributed by atoms with E-state index in [1.807, 2.05) is 0 Å². The number of piperazine rings is 1. The van der Waals surface area contributed by atoms with E-state index in [2.05, 4.69) is 10.2 Å². The number of nitrogens with zero attached hydrogens (tertiary/aromatic N) is 1. The molecule has 110 valence electrons. The maximum atomic E-state index is 13.8. The van der Waals surface area contributed by atoms with Crippen LogP contribution in [0.1, 0.15) is 36.4 Å². The van der Waals surface area contributed by atoms with Crippen molar-refractivity contribution in [2.45, 2.75) is 32.2 Å². The fourth-order valence-corrected chi connectivity index (χ4v) is 3.45. The van der Waals surface area contributed by atoms with Gasteiger partial charge in [0, 0.05) is 37.8 Å². The number of hydrogen-bond donors (Lipinski definition) is 2. The number of phenols is 1. The summed E-state index contributed by atoms with van der Waals surface area (Å²) in [6, 6.07) is 3.11. The zero-order chi connectivity index (χ0) is 14.1. The summed E-state index contributed by atoms with van der Waals surface area (Å²) in [4.78, 5) is 2.41. The standard InChI is InChI=1S/C16H23FN2O/c1-11-9-13(17)10-14(16(11)20)15(12-3-2-4-12)19-7-5-18-6-8-19/h9-10,12,15,18,20H,2-8H2,1H3/t15-/m0/s1. The maximum Gasteiger partial charge on any atom is 0.124 e. The number of phenolic OH excluding ortho intramolecular Hbond substituents is 1. The Hall–Kier alpha value is -1.13. The van der Waals surface area contributed by atoms with Crippen LogP contribution in [0.3, 0.4) is 0 Å². The highest BCUT2D eigenvalue weighted by Crippen LogP contribution is 2.44. The monoisotopic (exact) mass is 278 g/mol. The first-order valence-corrected chi connectivity index (χ1v) is 7.60. The van der Waals surface area contributed by atoms with Gasteiger partial charge in [-0.25, -0.2) is 4.39 Å². The number of aryl methyl sites for hydroxylation is 1. The van der Waals surface area contributed by atoms with Crippen molar-refractivity contribution in [2.24, 2.45) is 5.92 Å². The molecule has 2 fully saturated rings. The van der Waals surface area contributed by atoms with Gasteiger partial charge in [-0.2, -0.15) is 0 Å². The number of halogens is 1. The minimum atomic E-state index is -0.241. The molecular weight excluding hydrogens is 255 g/mol. The van der Waals surface area contributed by atoms with E-state index in [0.29, 0.717) is 11.5 Å². The van der Waals surface area contributed by atoms with Crippen molar-refractivity contribution in [1.82, 2.24) is 10.2 Å². The molecule has 1 saturated heterocycles. The molecule has 0 amide bonds. The lowest BCUT2D eigenvalue weighted by Crippen LogP contribution is -2.47. The maximum absolute atomic E-state index is 13.8. The van der Waals surface area contributed by atoms with Gasteiger partial charge >= 0.3 is 0 Å². The number of rotatable bonds is 3. The van der Waals surface area contributed by atoms with Crippen molar-refractivity contribution < 1.29 is 9.50 Å². The quantitative estimate of drug-likeness (QED) is 0.892. The third-order valence-corrected chi connectivity index (χ3v) is 4.75. The third-order valence-electron chi connectivity index (χ3n) is 4.75. The van der Waals surface area contributed by atoms with Gasteiger partial charge in [0.25, 0.3) is 0 Å². The van der Waals surface area contributed by atoms with Crippen LogP contribution in [0.4, 0.5) is 4.39 Å². The SMILES string of the molecule is Cc1cc(F)cc([C@H](C2CCC2)N2CCNCC2)c1O. The first kappa shape index (κ1) is 13.8. The highest BCUT2D eigenvalue weighted by atomic mass is 19.1. The Morgan fingerprint density at radius 1 is 1.30 bits per heavy atom. The highest BCUT2D eigenvalue weighted by Gasteiger charge is 2.35. The van der Waals surface area contributed by atoms with Crippen LogP contribution in [0, 0.1) is 18.7 Å². The minimum Gasteiger partial charge on any atom is -0.507 e. The Morgan fingerprint density at radius 3 is 2.60 bits per heavy atom. The van der Waals surface area contributed by atoms with Gasteiger partial charge in [0.2, 0.25) is 0 Å². The van der Waals surface area contributed by atoms with Gasteiger partial charge in [-0.05, 0) is 43.4 Å². The van der Waals surface area contributed by atoms with Crippen LogP contribution in [-0.4, -0.2) is 36.2 Å². The van der Waals surface area contributed by atoms with E-state index in [1.54, 1.807) is 6.92 Å². The van der Waals surface area contributed by atoms with Gasteiger partial charge < -0.3 is 10.4 Å². The van der Waals surface area contributed by atoms with E-state index in [0.717, 1.165) is 31.7 Å². The molecular formula is C16H23FN2O. The fraction of sp³-hybridized carbons (Fsp3) is 0.625. The van der Waals surface area contributed by atoms with E-state index in [4.69, 9.17) is 0 Å². The second-order valence-electron chi connectivity index (χ2n) is 6.08. The summed E-state index contributed by atoms with van der Waals surface area (Å²) < 4.78 is 13.8. The van der Waals surface area contributed by atoms with Crippen LogP contribution in [0.2, 0.25) is 0 Å². The van der Waals surface area contributed by atoms with Crippen molar-refractivity contribution >= 4 is 0 Å². The van der Waals surface area contributed by atoms with Crippen molar-refractivity contribution in [3.05, 3.63) is 29.1 Å². The predicted octanol–water partition coefficient (Wildman–Crippen LogP) is 2.59. The zero-order valence-corrected chi connectivity index (χ0v) is 12.0. The van der Waals surface area contributed by atoms with Crippen LogP contribution in [-0.2, 0) is 0 Å². The number of benzene rings is 1. The van der Waals surface area contributed by atoms with E-state index >= 15 is 0 Å². The molecule has 3 rings (SSSR count). The largest absolute Gasteiger partial charge is 0.507 e. The molecule has 1 aliphatic carbocycles. The third kappa shape index (κ3) is 2.54. The Labute approximate surface area is 119 Å². The molecule has 0 radical (unpaired) electrons. The van der Waals surface area contributed by atoms with Gasteiger partial charge in [0.1, 0.15) is 11.6 Å². The Morgan fingerprint density at radius 2 is 2.00 bits per heavy atom. The molecule has 3 nitrogen and oxygen atoms in total. The van der Waals surface area contributed by atoms with Gasteiger partial charge in [-0.3, -0.25) is 4.90 Å². The number of nitrogens with one attached hydrogen (secondary N) is 1. The molecule has 1 saturated carbocycles. The first-order valence-electron chi connectivity index (χ1n) is 7.60. The topological polar surface area (TPSA) is 35.5 Å². The predicted molar refractivity (Wildman–Crippen MR) is 77.3 cm³/mol. The molecule has 1 atom stereocenters. The normalized spacial score (nSPS) is 22.5. The van der Waals surface area contributed by atoms with Crippen LogP contribution in [0.5, 0.6) is 5.75 Å². The Kier molecular flexibility index (Phi) is 3.94. The van der Waals surface area contributed by atoms with E-state index < -0.39 is 0 Å². The molecule has 2 N–H and O–H groups in total. The summed E-state index contributed by atoms with van der Waals surface area (Å²) in [6.07, 6.45) is 3.62. The van der Waals surface area contributed by atoms with E-state index in [1.165, 1.54) is 31.4 Å². The molecule has 0 aromatic heterocycles. The molecule has 1 heterocycles. The smallest absolute Gasteiger partial charge is 0.124 e. The molecule has 2 aliphatic rings. The van der Waals surface area contributed by atoms with Crippen LogP contribution < -0.4 is 5.32 Å². The average molecular weight is 278 g/mol. The highest BCUT2D eigenvalue weighted by molar-refractivity contribution is 5.42. The molecule has 1 aliphatic heterocycles.